The predicted molar refractivity (Wildman–Crippen MR) is 100 cm³/mol. The van der Waals surface area contributed by atoms with Crippen molar-refractivity contribution in [3.05, 3.63) is 58.9 Å². The fourth-order valence-corrected chi connectivity index (χ4v) is 3.84. The van der Waals surface area contributed by atoms with Crippen LogP contribution < -0.4 is 0 Å². The smallest absolute Gasteiger partial charge is 0.227 e. The van der Waals surface area contributed by atoms with Crippen LogP contribution in [0.4, 0.5) is 0 Å². The zero-order valence-electron chi connectivity index (χ0n) is 15.4. The molecule has 27 heavy (non-hydrogen) atoms. The number of amides is 1. The van der Waals surface area contributed by atoms with E-state index in [1.165, 1.54) is 0 Å². The molecular formula is C21H23N3O3. The number of fused-ring (bicyclic) bond motifs is 1. The maximum atomic E-state index is 12.9. The molecule has 0 saturated carbocycles. The summed E-state index contributed by atoms with van der Waals surface area (Å²) in [5, 5.41) is 14.1. The van der Waals surface area contributed by atoms with Crippen LogP contribution in [-0.4, -0.2) is 38.0 Å². The Labute approximate surface area is 158 Å². The Bertz CT molecular complexity index is 912. The van der Waals surface area contributed by atoms with Crippen molar-refractivity contribution in [2.45, 2.75) is 45.4 Å². The Balaban J connectivity index is 1.52. The van der Waals surface area contributed by atoms with Crippen LogP contribution in [0, 0.1) is 0 Å². The van der Waals surface area contributed by atoms with Gasteiger partial charge in [-0.25, -0.2) is 0 Å². The molecule has 2 heterocycles. The van der Waals surface area contributed by atoms with Crippen molar-refractivity contribution >= 4 is 17.3 Å². The molecule has 1 aliphatic heterocycles. The maximum absolute atomic E-state index is 12.9. The van der Waals surface area contributed by atoms with Gasteiger partial charge in [0, 0.05) is 18.5 Å². The molecule has 2 aliphatic rings. The van der Waals surface area contributed by atoms with Gasteiger partial charge in [0.15, 0.2) is 5.78 Å². The molecule has 4 rings (SSSR count). The van der Waals surface area contributed by atoms with Gasteiger partial charge in [-0.2, -0.15) is 5.10 Å². The molecule has 140 valence electrons. The fraction of sp³-hybridized carbons (Fsp3) is 0.381. The molecule has 6 nitrogen and oxygen atoms in total. The lowest BCUT2D eigenvalue weighted by atomic mass is 9.99. The highest BCUT2D eigenvalue weighted by Crippen LogP contribution is 2.34. The topological polar surface area (TPSA) is 75.4 Å². The van der Waals surface area contributed by atoms with E-state index in [0.29, 0.717) is 43.7 Å². The Kier molecular flexibility index (Phi) is 4.66. The second kappa shape index (κ2) is 7.12. The van der Waals surface area contributed by atoms with E-state index in [1.54, 1.807) is 11.8 Å². The van der Waals surface area contributed by atoms with Crippen molar-refractivity contribution in [1.29, 1.82) is 0 Å². The van der Waals surface area contributed by atoms with E-state index in [9.17, 15) is 14.7 Å². The molecule has 1 amide bonds. The Morgan fingerprint density at radius 3 is 2.74 bits per heavy atom. The Morgan fingerprint density at radius 2 is 2.00 bits per heavy atom. The van der Waals surface area contributed by atoms with E-state index >= 15 is 0 Å². The number of aromatic nitrogens is 2. The third-order valence-electron chi connectivity index (χ3n) is 5.35. The van der Waals surface area contributed by atoms with E-state index in [1.807, 2.05) is 41.1 Å². The molecule has 0 unspecified atom stereocenters. The highest BCUT2D eigenvalue weighted by molar-refractivity contribution is 6.10. The molecule has 1 aromatic heterocycles. The van der Waals surface area contributed by atoms with Crippen LogP contribution >= 0.6 is 0 Å². The number of carbonyl (C=O) groups excluding carboxylic acids is 2. The van der Waals surface area contributed by atoms with Gasteiger partial charge in [0.1, 0.15) is 0 Å². The van der Waals surface area contributed by atoms with Crippen molar-refractivity contribution < 1.29 is 14.7 Å². The standard InChI is InChI=1S/C21H23N3O3/c1-14(25)19-11-16-13-23(9-10-24(16)22-19)21(27)12-18-17(7-8-20(18)26)15-5-3-2-4-6-15/h2-6,11,14,25H,7-10,12-13H2,1H3/t14-/m0/s1. The number of rotatable bonds is 4. The van der Waals surface area contributed by atoms with E-state index in [4.69, 9.17) is 0 Å². The fourth-order valence-electron chi connectivity index (χ4n) is 3.84. The number of allylic oxidation sites excluding steroid dienone is 1. The summed E-state index contributed by atoms with van der Waals surface area (Å²) >= 11 is 0. The molecule has 1 aliphatic carbocycles. The van der Waals surface area contributed by atoms with Crippen LogP contribution in [0.15, 0.2) is 42.0 Å². The molecule has 0 bridgehead atoms. The Morgan fingerprint density at radius 1 is 1.22 bits per heavy atom. The normalized spacial score (nSPS) is 18.0. The minimum absolute atomic E-state index is 0.0280. The quantitative estimate of drug-likeness (QED) is 0.903. The highest BCUT2D eigenvalue weighted by atomic mass is 16.3. The van der Waals surface area contributed by atoms with Crippen molar-refractivity contribution in [3.8, 4) is 0 Å². The second-order valence-electron chi connectivity index (χ2n) is 7.20. The monoisotopic (exact) mass is 365 g/mol. The maximum Gasteiger partial charge on any atom is 0.227 e. The van der Waals surface area contributed by atoms with Gasteiger partial charge in [-0.05, 0) is 30.5 Å². The van der Waals surface area contributed by atoms with Gasteiger partial charge < -0.3 is 10.0 Å². The number of benzene rings is 1. The summed E-state index contributed by atoms with van der Waals surface area (Å²) in [6.07, 6.45) is 0.718. The number of carbonyl (C=O) groups is 2. The average Bonchev–Trinajstić information content (AvgIpc) is 3.26. The van der Waals surface area contributed by atoms with Gasteiger partial charge in [0.05, 0.1) is 37.0 Å². The van der Waals surface area contributed by atoms with Crippen LogP contribution in [0.25, 0.3) is 5.57 Å². The second-order valence-corrected chi connectivity index (χ2v) is 7.20. The van der Waals surface area contributed by atoms with Gasteiger partial charge in [0.2, 0.25) is 5.91 Å². The van der Waals surface area contributed by atoms with Gasteiger partial charge in [-0.3, -0.25) is 14.3 Å². The first-order valence-corrected chi connectivity index (χ1v) is 9.36. The lowest BCUT2D eigenvalue weighted by molar-refractivity contribution is -0.132. The third-order valence-corrected chi connectivity index (χ3v) is 5.35. The van der Waals surface area contributed by atoms with E-state index < -0.39 is 6.10 Å². The van der Waals surface area contributed by atoms with Gasteiger partial charge in [-0.1, -0.05) is 30.3 Å². The predicted octanol–water partition coefficient (Wildman–Crippen LogP) is 2.49. The number of aliphatic hydroxyl groups is 1. The number of nitrogens with zero attached hydrogens (tertiary/aromatic N) is 3. The van der Waals surface area contributed by atoms with Crippen LogP contribution in [0.1, 0.15) is 49.2 Å². The summed E-state index contributed by atoms with van der Waals surface area (Å²) in [4.78, 5) is 27.1. The van der Waals surface area contributed by atoms with Crippen molar-refractivity contribution in [2.75, 3.05) is 6.54 Å². The van der Waals surface area contributed by atoms with Crippen LogP contribution in [0.2, 0.25) is 0 Å². The lowest BCUT2D eigenvalue weighted by Gasteiger charge is -2.28. The number of Topliss-reactive ketones (excluding diaryl/α,β-unsaturated/α-hetero) is 1. The number of ketones is 1. The summed E-state index contributed by atoms with van der Waals surface area (Å²) in [7, 11) is 0. The number of hydrogen-bond acceptors (Lipinski definition) is 4. The molecule has 0 radical (unpaired) electrons. The largest absolute Gasteiger partial charge is 0.387 e. The zero-order chi connectivity index (χ0) is 19.0. The van der Waals surface area contributed by atoms with Crippen molar-refractivity contribution in [3.63, 3.8) is 0 Å². The lowest BCUT2D eigenvalue weighted by Crippen LogP contribution is -2.38. The first-order chi connectivity index (χ1) is 13.0. The minimum atomic E-state index is -0.623. The van der Waals surface area contributed by atoms with E-state index in [-0.39, 0.29) is 18.1 Å². The van der Waals surface area contributed by atoms with Crippen molar-refractivity contribution in [1.82, 2.24) is 14.7 Å². The summed E-state index contributed by atoms with van der Waals surface area (Å²) in [6.45, 7) is 3.31. The SMILES string of the molecule is C[C@H](O)c1cc2n(n1)CCN(C(=O)CC1=C(c3ccccc3)CCC1=O)C2. The van der Waals surface area contributed by atoms with E-state index in [2.05, 4.69) is 5.10 Å². The summed E-state index contributed by atoms with van der Waals surface area (Å²) in [6, 6.07) is 11.7. The molecule has 0 fully saturated rings. The van der Waals surface area contributed by atoms with Gasteiger partial charge in [-0.15, -0.1) is 0 Å². The first kappa shape index (κ1) is 17.7. The molecule has 1 aromatic carbocycles. The molecule has 1 atom stereocenters. The van der Waals surface area contributed by atoms with Crippen LogP contribution in [0.5, 0.6) is 0 Å². The molecule has 6 heteroatoms. The number of hydrogen-bond donors (Lipinski definition) is 1. The molecule has 2 aromatic rings. The summed E-state index contributed by atoms with van der Waals surface area (Å²) in [5.74, 6) is 0.0559. The van der Waals surface area contributed by atoms with Gasteiger partial charge in [0.25, 0.3) is 0 Å². The summed E-state index contributed by atoms with van der Waals surface area (Å²) < 4.78 is 1.85. The number of aliphatic hydroxyl groups excluding tert-OH is 1. The minimum Gasteiger partial charge on any atom is -0.387 e. The van der Waals surface area contributed by atoms with E-state index in [0.717, 1.165) is 16.8 Å². The molecule has 0 spiro atoms. The zero-order valence-corrected chi connectivity index (χ0v) is 15.4. The van der Waals surface area contributed by atoms with Crippen LogP contribution in [0.3, 0.4) is 0 Å². The third kappa shape index (κ3) is 3.45. The summed E-state index contributed by atoms with van der Waals surface area (Å²) in [5.41, 5.74) is 4.24. The van der Waals surface area contributed by atoms with Crippen molar-refractivity contribution in [2.24, 2.45) is 0 Å². The highest BCUT2D eigenvalue weighted by Gasteiger charge is 2.29. The molecule has 0 saturated heterocycles. The van der Waals surface area contributed by atoms with Gasteiger partial charge >= 0.3 is 0 Å². The average molecular weight is 365 g/mol. The Hall–Kier alpha value is -2.73. The molecule has 1 N–H and O–H groups in total. The van der Waals surface area contributed by atoms with Crippen LogP contribution in [-0.2, 0) is 22.7 Å². The molecular weight excluding hydrogens is 342 g/mol. The first-order valence-electron chi connectivity index (χ1n) is 9.36.